The number of methoxy groups -OCH3 is 1. The largest absolute Gasteiger partial charge is 0.507 e. The second kappa shape index (κ2) is 7.37. The number of nitrogens with zero attached hydrogens (tertiary/aromatic N) is 1. The Morgan fingerprint density at radius 2 is 2.08 bits per heavy atom. The SMILES string of the molecule is COc1cccc(CNC(=O)c2c[nH]nc2-c2cc(Cl)c(O)cc2O)c1. The molecule has 1 heterocycles. The van der Waals surface area contributed by atoms with E-state index in [-0.39, 0.29) is 39.2 Å². The summed E-state index contributed by atoms with van der Waals surface area (Å²) in [6.45, 7) is 0.295. The number of hydrogen-bond donors (Lipinski definition) is 4. The molecule has 0 unspecified atom stereocenters. The molecule has 0 radical (unpaired) electrons. The van der Waals surface area contributed by atoms with Crippen LogP contribution in [-0.2, 0) is 6.54 Å². The molecular weight excluding hydrogens is 358 g/mol. The maximum atomic E-state index is 12.5. The van der Waals surface area contributed by atoms with Gasteiger partial charge in [0.2, 0.25) is 0 Å². The number of nitrogens with one attached hydrogen (secondary N) is 2. The fourth-order valence-electron chi connectivity index (χ4n) is 2.47. The Morgan fingerprint density at radius 1 is 1.27 bits per heavy atom. The lowest BCUT2D eigenvalue weighted by atomic mass is 10.1. The normalized spacial score (nSPS) is 10.5. The molecule has 0 aliphatic carbocycles. The van der Waals surface area contributed by atoms with Crippen LogP contribution in [0.25, 0.3) is 11.3 Å². The summed E-state index contributed by atoms with van der Waals surface area (Å²) in [6, 6.07) is 9.79. The van der Waals surface area contributed by atoms with E-state index in [4.69, 9.17) is 16.3 Å². The molecule has 0 saturated carbocycles. The van der Waals surface area contributed by atoms with E-state index in [9.17, 15) is 15.0 Å². The monoisotopic (exact) mass is 373 g/mol. The molecular formula is C18H16ClN3O4. The molecule has 134 valence electrons. The molecule has 1 amide bonds. The number of ether oxygens (including phenoxy) is 1. The molecule has 2 aromatic carbocycles. The number of benzene rings is 2. The van der Waals surface area contributed by atoms with Gasteiger partial charge < -0.3 is 20.3 Å². The number of H-pyrrole nitrogens is 1. The van der Waals surface area contributed by atoms with Crippen LogP contribution in [0.4, 0.5) is 0 Å². The third-order valence-corrected chi connectivity index (χ3v) is 4.10. The van der Waals surface area contributed by atoms with Crippen molar-refractivity contribution in [3.8, 4) is 28.5 Å². The first-order valence-corrected chi connectivity index (χ1v) is 8.04. The lowest BCUT2D eigenvalue weighted by Gasteiger charge is -2.09. The summed E-state index contributed by atoms with van der Waals surface area (Å²) >= 11 is 5.89. The van der Waals surface area contributed by atoms with Gasteiger partial charge in [0.1, 0.15) is 22.9 Å². The van der Waals surface area contributed by atoms with Gasteiger partial charge in [-0.05, 0) is 23.8 Å². The minimum Gasteiger partial charge on any atom is -0.507 e. The number of aromatic nitrogens is 2. The first kappa shape index (κ1) is 17.6. The lowest BCUT2D eigenvalue weighted by Crippen LogP contribution is -2.23. The Balaban J connectivity index is 1.82. The number of aromatic amines is 1. The number of phenols is 2. The third-order valence-electron chi connectivity index (χ3n) is 3.79. The highest BCUT2D eigenvalue weighted by Crippen LogP contribution is 2.37. The number of halogens is 1. The minimum atomic E-state index is -0.375. The van der Waals surface area contributed by atoms with E-state index in [1.165, 1.54) is 12.3 Å². The maximum Gasteiger partial charge on any atom is 0.255 e. The molecule has 0 atom stereocenters. The minimum absolute atomic E-state index is 0.0449. The van der Waals surface area contributed by atoms with E-state index < -0.39 is 0 Å². The van der Waals surface area contributed by atoms with Gasteiger partial charge in [0, 0.05) is 24.4 Å². The van der Waals surface area contributed by atoms with Gasteiger partial charge in [0.25, 0.3) is 5.91 Å². The van der Waals surface area contributed by atoms with Crippen LogP contribution in [0.2, 0.25) is 5.02 Å². The topological polar surface area (TPSA) is 107 Å². The molecule has 3 rings (SSSR count). The molecule has 1 aromatic heterocycles. The number of rotatable bonds is 5. The third kappa shape index (κ3) is 3.57. The van der Waals surface area contributed by atoms with Crippen LogP contribution in [0.1, 0.15) is 15.9 Å². The van der Waals surface area contributed by atoms with E-state index in [1.54, 1.807) is 7.11 Å². The van der Waals surface area contributed by atoms with E-state index in [2.05, 4.69) is 15.5 Å². The summed E-state index contributed by atoms with van der Waals surface area (Å²) < 4.78 is 5.16. The smallest absolute Gasteiger partial charge is 0.255 e. The molecule has 8 heteroatoms. The van der Waals surface area contributed by atoms with Crippen LogP contribution >= 0.6 is 11.6 Å². The van der Waals surface area contributed by atoms with Crippen molar-refractivity contribution >= 4 is 17.5 Å². The highest BCUT2D eigenvalue weighted by Gasteiger charge is 2.19. The van der Waals surface area contributed by atoms with E-state index in [0.29, 0.717) is 12.3 Å². The zero-order chi connectivity index (χ0) is 18.7. The van der Waals surface area contributed by atoms with Crippen molar-refractivity contribution in [2.75, 3.05) is 7.11 Å². The molecule has 3 aromatic rings. The average Bonchev–Trinajstić information content (AvgIpc) is 3.12. The number of hydrogen-bond acceptors (Lipinski definition) is 5. The van der Waals surface area contributed by atoms with Crippen molar-refractivity contribution in [3.05, 3.63) is 58.7 Å². The molecule has 0 bridgehead atoms. The standard InChI is InChI=1S/C18H16ClN3O4/c1-26-11-4-2-3-10(5-11)8-20-18(25)13-9-21-22-17(13)12-6-14(19)16(24)7-15(12)23/h2-7,9,23-24H,8H2,1H3,(H,20,25)(H,21,22). The molecule has 0 aliphatic rings. The summed E-state index contributed by atoms with van der Waals surface area (Å²) in [4.78, 5) is 12.5. The fourth-order valence-corrected chi connectivity index (χ4v) is 2.63. The quantitative estimate of drug-likeness (QED) is 0.549. The predicted molar refractivity (Wildman–Crippen MR) is 96.5 cm³/mol. The van der Waals surface area contributed by atoms with Crippen molar-refractivity contribution in [2.45, 2.75) is 6.54 Å². The van der Waals surface area contributed by atoms with E-state index in [1.807, 2.05) is 24.3 Å². The van der Waals surface area contributed by atoms with Gasteiger partial charge in [-0.3, -0.25) is 9.89 Å². The molecule has 26 heavy (non-hydrogen) atoms. The zero-order valence-corrected chi connectivity index (χ0v) is 14.5. The summed E-state index contributed by atoms with van der Waals surface area (Å²) in [6.07, 6.45) is 1.43. The highest BCUT2D eigenvalue weighted by atomic mass is 35.5. The van der Waals surface area contributed by atoms with Gasteiger partial charge in [-0.15, -0.1) is 0 Å². The fraction of sp³-hybridized carbons (Fsp3) is 0.111. The first-order valence-electron chi connectivity index (χ1n) is 7.66. The average molecular weight is 374 g/mol. The number of carbonyl (C=O) groups is 1. The summed E-state index contributed by atoms with van der Waals surface area (Å²) in [7, 11) is 1.57. The second-order valence-corrected chi connectivity index (χ2v) is 5.91. The van der Waals surface area contributed by atoms with Crippen LogP contribution in [0.5, 0.6) is 17.2 Å². The lowest BCUT2D eigenvalue weighted by molar-refractivity contribution is 0.0951. The van der Waals surface area contributed by atoms with Crippen LogP contribution in [0.3, 0.4) is 0 Å². The van der Waals surface area contributed by atoms with E-state index >= 15 is 0 Å². The molecule has 0 spiro atoms. The number of amides is 1. The van der Waals surface area contributed by atoms with Crippen molar-refractivity contribution in [3.63, 3.8) is 0 Å². The molecule has 0 fully saturated rings. The van der Waals surface area contributed by atoms with Gasteiger partial charge in [0.05, 0.1) is 17.7 Å². The predicted octanol–water partition coefficient (Wildman–Crippen LogP) is 3.08. The maximum absolute atomic E-state index is 12.5. The van der Waals surface area contributed by atoms with Crippen LogP contribution in [0, 0.1) is 0 Å². The van der Waals surface area contributed by atoms with Crippen molar-refractivity contribution in [2.24, 2.45) is 0 Å². The van der Waals surface area contributed by atoms with Crippen LogP contribution in [-0.4, -0.2) is 33.4 Å². The highest BCUT2D eigenvalue weighted by molar-refractivity contribution is 6.32. The summed E-state index contributed by atoms with van der Waals surface area (Å²) in [5.74, 6) is -0.169. The molecule has 4 N–H and O–H groups in total. The van der Waals surface area contributed by atoms with Crippen LogP contribution < -0.4 is 10.1 Å². The summed E-state index contributed by atoms with van der Waals surface area (Å²) in [5.41, 5.74) is 1.58. The van der Waals surface area contributed by atoms with Crippen molar-refractivity contribution < 1.29 is 19.7 Å². The van der Waals surface area contributed by atoms with Crippen molar-refractivity contribution in [1.82, 2.24) is 15.5 Å². The Hall–Kier alpha value is -3.19. The van der Waals surface area contributed by atoms with Crippen molar-refractivity contribution in [1.29, 1.82) is 0 Å². The van der Waals surface area contributed by atoms with Gasteiger partial charge in [-0.1, -0.05) is 23.7 Å². The Labute approximate surface area is 154 Å². The first-order chi connectivity index (χ1) is 12.5. The summed E-state index contributed by atoms with van der Waals surface area (Å²) in [5, 5.41) is 29.0. The van der Waals surface area contributed by atoms with Gasteiger partial charge in [-0.2, -0.15) is 5.10 Å². The van der Waals surface area contributed by atoms with Crippen LogP contribution in [0.15, 0.2) is 42.6 Å². The Morgan fingerprint density at radius 3 is 2.85 bits per heavy atom. The Bertz CT molecular complexity index is 955. The van der Waals surface area contributed by atoms with E-state index in [0.717, 1.165) is 11.6 Å². The molecule has 0 saturated heterocycles. The zero-order valence-electron chi connectivity index (χ0n) is 13.8. The van der Waals surface area contributed by atoms with Gasteiger partial charge in [-0.25, -0.2) is 0 Å². The Kier molecular flexibility index (Phi) is 4.99. The van der Waals surface area contributed by atoms with Gasteiger partial charge >= 0.3 is 0 Å². The second-order valence-electron chi connectivity index (χ2n) is 5.50. The number of aromatic hydroxyl groups is 2. The molecule has 0 aliphatic heterocycles. The van der Waals surface area contributed by atoms with Gasteiger partial charge in [0.15, 0.2) is 0 Å². The molecule has 7 nitrogen and oxygen atoms in total. The number of phenolic OH excluding ortho intramolecular Hbond substituents is 2. The number of carbonyl (C=O) groups excluding carboxylic acids is 1.